The van der Waals surface area contributed by atoms with Gasteiger partial charge in [0.15, 0.2) is 5.78 Å². The number of benzene rings is 1. The van der Waals surface area contributed by atoms with Gasteiger partial charge in [-0.05, 0) is 30.0 Å². The molecule has 0 fully saturated rings. The van der Waals surface area contributed by atoms with Crippen molar-refractivity contribution >= 4 is 17.1 Å². The van der Waals surface area contributed by atoms with E-state index in [0.717, 1.165) is 27.7 Å². The Bertz CT molecular complexity index is 614. The van der Waals surface area contributed by atoms with Gasteiger partial charge in [-0.1, -0.05) is 32.9 Å². The van der Waals surface area contributed by atoms with E-state index in [1.165, 1.54) is 16.9 Å². The molecular weight excluding hydrogens is 282 g/mol. The number of hydrogen-bond donors (Lipinski definition) is 0. The van der Waals surface area contributed by atoms with E-state index >= 15 is 0 Å². The molecule has 112 valence electrons. The van der Waals surface area contributed by atoms with Crippen molar-refractivity contribution in [2.24, 2.45) is 0 Å². The number of ketones is 1. The molecule has 0 saturated carbocycles. The minimum Gasteiger partial charge on any atom is -0.486 e. The third-order valence-electron chi connectivity index (χ3n) is 3.26. The fraction of sp³-hybridized carbons (Fsp3) is 0.412. The van der Waals surface area contributed by atoms with Crippen LogP contribution in [0.5, 0.6) is 5.75 Å². The Balaban J connectivity index is 2.09. The predicted octanol–water partition coefficient (Wildman–Crippen LogP) is 4.61. The van der Waals surface area contributed by atoms with Crippen molar-refractivity contribution in [3.05, 3.63) is 45.4 Å². The molecule has 0 aliphatic carbocycles. The first-order valence-corrected chi connectivity index (χ1v) is 8.05. The normalized spacial score (nSPS) is 10.9. The summed E-state index contributed by atoms with van der Waals surface area (Å²) in [6.07, 6.45) is 1.02. The molecule has 2 aromatic rings. The molecule has 0 bridgehead atoms. The van der Waals surface area contributed by atoms with Crippen LogP contribution >= 0.6 is 11.3 Å². The first kappa shape index (κ1) is 15.7. The predicted molar refractivity (Wildman–Crippen MR) is 86.4 cm³/mol. The molecule has 3 nitrogen and oxygen atoms in total. The van der Waals surface area contributed by atoms with Gasteiger partial charge in [-0.2, -0.15) is 0 Å². The number of rotatable bonds is 6. The van der Waals surface area contributed by atoms with E-state index < -0.39 is 0 Å². The molecule has 0 aliphatic heterocycles. The highest BCUT2D eigenvalue weighted by Crippen LogP contribution is 2.26. The maximum absolute atomic E-state index is 11.7. The molecule has 0 atom stereocenters. The summed E-state index contributed by atoms with van der Waals surface area (Å²) in [5.41, 5.74) is 2.17. The van der Waals surface area contributed by atoms with Crippen LogP contribution in [0, 0.1) is 0 Å². The zero-order valence-corrected chi connectivity index (χ0v) is 13.8. The van der Waals surface area contributed by atoms with Gasteiger partial charge in [-0.25, -0.2) is 4.98 Å². The maximum Gasteiger partial charge on any atom is 0.171 e. The number of hydrogen-bond acceptors (Lipinski definition) is 4. The van der Waals surface area contributed by atoms with E-state index in [9.17, 15) is 4.79 Å². The number of ether oxygens (including phenoxy) is 1. The molecule has 0 amide bonds. The Hall–Kier alpha value is -1.68. The molecular formula is C17H21NO2S. The Morgan fingerprint density at radius 2 is 1.95 bits per heavy atom. The van der Waals surface area contributed by atoms with Gasteiger partial charge in [-0.15, -0.1) is 11.3 Å². The Morgan fingerprint density at radius 3 is 2.43 bits per heavy atom. The molecule has 0 unspecified atom stereocenters. The van der Waals surface area contributed by atoms with Crippen LogP contribution in [0.3, 0.4) is 0 Å². The largest absolute Gasteiger partial charge is 0.486 e. The number of Topliss-reactive ketones (excluding diaryl/α,β-unsaturated/α-hetero) is 1. The van der Waals surface area contributed by atoms with Crippen LogP contribution in [0.15, 0.2) is 24.3 Å². The second kappa shape index (κ2) is 6.85. The summed E-state index contributed by atoms with van der Waals surface area (Å²) >= 11 is 1.44. The second-order valence-electron chi connectivity index (χ2n) is 5.32. The molecule has 0 radical (unpaired) electrons. The highest BCUT2D eigenvalue weighted by molar-refractivity contribution is 7.13. The van der Waals surface area contributed by atoms with Crippen LogP contribution < -0.4 is 4.74 Å². The van der Waals surface area contributed by atoms with Crippen LogP contribution in [-0.4, -0.2) is 10.8 Å². The summed E-state index contributed by atoms with van der Waals surface area (Å²) in [6, 6.07) is 8.08. The first-order chi connectivity index (χ1) is 10.0. The van der Waals surface area contributed by atoms with E-state index in [1.54, 1.807) is 6.92 Å². The molecule has 0 N–H and O–H groups in total. The van der Waals surface area contributed by atoms with Crippen LogP contribution in [0.25, 0.3) is 0 Å². The summed E-state index contributed by atoms with van der Waals surface area (Å²) in [7, 11) is 0. The van der Waals surface area contributed by atoms with Crippen LogP contribution in [0.4, 0.5) is 0 Å². The van der Waals surface area contributed by atoms with Crippen molar-refractivity contribution in [2.75, 3.05) is 0 Å². The van der Waals surface area contributed by atoms with Crippen LogP contribution in [0.1, 0.15) is 59.5 Å². The monoisotopic (exact) mass is 303 g/mol. The van der Waals surface area contributed by atoms with Crippen molar-refractivity contribution in [2.45, 2.75) is 46.6 Å². The van der Waals surface area contributed by atoms with Crippen LogP contribution in [0.2, 0.25) is 0 Å². The summed E-state index contributed by atoms with van der Waals surface area (Å²) in [5, 5.41) is 0.850. The van der Waals surface area contributed by atoms with E-state index in [0.29, 0.717) is 6.61 Å². The lowest BCUT2D eigenvalue weighted by molar-refractivity contribution is 0.102. The zero-order valence-electron chi connectivity index (χ0n) is 13.0. The number of aryl methyl sites for hydroxylation is 1. The number of carbonyl (C=O) groups excluding carboxylic acids is 1. The Morgan fingerprint density at radius 1 is 1.29 bits per heavy atom. The van der Waals surface area contributed by atoms with Gasteiger partial charge < -0.3 is 4.74 Å². The Labute approximate surface area is 130 Å². The van der Waals surface area contributed by atoms with Crippen molar-refractivity contribution in [3.8, 4) is 5.75 Å². The molecule has 2 rings (SSSR count). The number of thiazole rings is 1. The average molecular weight is 303 g/mol. The van der Waals surface area contributed by atoms with E-state index in [1.807, 2.05) is 12.1 Å². The highest BCUT2D eigenvalue weighted by Gasteiger charge is 2.17. The van der Waals surface area contributed by atoms with Gasteiger partial charge in [0, 0.05) is 6.92 Å². The summed E-state index contributed by atoms with van der Waals surface area (Å²) < 4.78 is 5.76. The fourth-order valence-corrected chi connectivity index (χ4v) is 3.08. The molecule has 1 aromatic carbocycles. The van der Waals surface area contributed by atoms with Gasteiger partial charge in [0.25, 0.3) is 0 Å². The molecule has 21 heavy (non-hydrogen) atoms. The fourth-order valence-electron chi connectivity index (χ4n) is 2.05. The highest BCUT2D eigenvalue weighted by atomic mass is 32.1. The van der Waals surface area contributed by atoms with Crippen molar-refractivity contribution in [1.82, 2.24) is 4.98 Å². The van der Waals surface area contributed by atoms with E-state index in [-0.39, 0.29) is 11.7 Å². The molecule has 0 spiro atoms. The van der Waals surface area contributed by atoms with E-state index in [2.05, 4.69) is 37.9 Å². The third-order valence-corrected chi connectivity index (χ3v) is 4.40. The quantitative estimate of drug-likeness (QED) is 0.731. The minimum atomic E-state index is 0.0785. The molecule has 4 heteroatoms. The van der Waals surface area contributed by atoms with Gasteiger partial charge >= 0.3 is 0 Å². The zero-order chi connectivity index (χ0) is 15.4. The lowest BCUT2D eigenvalue weighted by atomic mass is 10.1. The van der Waals surface area contributed by atoms with Crippen molar-refractivity contribution in [1.29, 1.82) is 0 Å². The minimum absolute atomic E-state index is 0.0785. The molecule has 0 saturated heterocycles. The smallest absolute Gasteiger partial charge is 0.171 e. The summed E-state index contributed by atoms with van der Waals surface area (Å²) in [5.74, 6) is 1.16. The maximum atomic E-state index is 11.7. The summed E-state index contributed by atoms with van der Waals surface area (Å²) in [6.45, 7) is 8.23. The first-order valence-electron chi connectivity index (χ1n) is 7.23. The van der Waals surface area contributed by atoms with Crippen molar-refractivity contribution in [3.63, 3.8) is 0 Å². The standard InChI is InChI=1S/C17H21NO2S/c1-5-13-6-8-14(9-7-13)20-10-15-18-16(11(2)3)17(21-15)12(4)19/h6-9,11H,5,10H2,1-4H3. The molecule has 0 aliphatic rings. The van der Waals surface area contributed by atoms with Gasteiger partial charge in [-0.3, -0.25) is 4.79 Å². The molecule has 1 heterocycles. The average Bonchev–Trinajstić information content (AvgIpc) is 2.90. The van der Waals surface area contributed by atoms with Gasteiger partial charge in [0.05, 0.1) is 10.6 Å². The SMILES string of the molecule is CCc1ccc(OCc2nc(C(C)C)c(C(C)=O)s2)cc1. The topological polar surface area (TPSA) is 39.2 Å². The third kappa shape index (κ3) is 3.91. The number of carbonyl (C=O) groups is 1. The van der Waals surface area contributed by atoms with Gasteiger partial charge in [0.2, 0.25) is 0 Å². The number of nitrogens with zero attached hydrogens (tertiary/aromatic N) is 1. The Kier molecular flexibility index (Phi) is 5.12. The second-order valence-corrected chi connectivity index (χ2v) is 6.40. The van der Waals surface area contributed by atoms with Crippen molar-refractivity contribution < 1.29 is 9.53 Å². The number of aromatic nitrogens is 1. The molecule has 1 aromatic heterocycles. The lowest BCUT2D eigenvalue weighted by Gasteiger charge is -2.04. The summed E-state index contributed by atoms with van der Waals surface area (Å²) in [4.78, 5) is 17.0. The lowest BCUT2D eigenvalue weighted by Crippen LogP contribution is -1.98. The van der Waals surface area contributed by atoms with Crippen LogP contribution in [-0.2, 0) is 13.0 Å². The van der Waals surface area contributed by atoms with Gasteiger partial charge in [0.1, 0.15) is 17.4 Å². The van der Waals surface area contributed by atoms with E-state index in [4.69, 9.17) is 4.74 Å².